The molecule has 1 aliphatic heterocycles. The highest BCUT2D eigenvalue weighted by molar-refractivity contribution is 5.93. The fourth-order valence-corrected chi connectivity index (χ4v) is 3.82. The number of amides is 1. The molecule has 2 heterocycles. The molecule has 1 amide bonds. The number of aryl methyl sites for hydroxylation is 2. The highest BCUT2D eigenvalue weighted by Gasteiger charge is 2.24. The summed E-state index contributed by atoms with van der Waals surface area (Å²) in [5.74, 6) is 0.396. The van der Waals surface area contributed by atoms with Crippen LogP contribution in [0.2, 0.25) is 0 Å². The summed E-state index contributed by atoms with van der Waals surface area (Å²) >= 11 is 0. The van der Waals surface area contributed by atoms with E-state index in [1.165, 1.54) is 29.5 Å². The minimum absolute atomic E-state index is 0.172. The third kappa shape index (κ3) is 4.57. The van der Waals surface area contributed by atoms with Gasteiger partial charge < -0.3 is 9.84 Å². The Bertz CT molecular complexity index is 955. The number of hydrogen-bond donors (Lipinski definition) is 1. The van der Waals surface area contributed by atoms with Gasteiger partial charge in [0.05, 0.1) is 6.04 Å². The second-order valence-electron chi connectivity index (χ2n) is 7.82. The first-order chi connectivity index (χ1) is 14.1. The van der Waals surface area contributed by atoms with Crippen LogP contribution in [-0.4, -0.2) is 35.6 Å². The Morgan fingerprint density at radius 2 is 1.66 bits per heavy atom. The molecule has 1 aliphatic rings. The van der Waals surface area contributed by atoms with Gasteiger partial charge in [0.1, 0.15) is 0 Å². The van der Waals surface area contributed by atoms with E-state index < -0.39 is 0 Å². The van der Waals surface area contributed by atoms with E-state index in [0.717, 1.165) is 18.7 Å². The molecule has 150 valence electrons. The highest BCUT2D eigenvalue weighted by Crippen LogP contribution is 2.25. The third-order valence-corrected chi connectivity index (χ3v) is 5.58. The molecular weight excluding hydrogens is 362 g/mol. The third-order valence-electron chi connectivity index (χ3n) is 5.58. The Morgan fingerprint density at radius 3 is 2.31 bits per heavy atom. The monoisotopic (exact) mass is 389 g/mol. The molecule has 5 nitrogen and oxygen atoms in total. The number of carbonyl (C=O) groups is 1. The van der Waals surface area contributed by atoms with E-state index in [9.17, 15) is 4.79 Å². The van der Waals surface area contributed by atoms with E-state index in [1.807, 2.05) is 31.2 Å². The first-order valence-electron chi connectivity index (χ1n) is 10.2. The van der Waals surface area contributed by atoms with Crippen LogP contribution in [0.4, 0.5) is 0 Å². The summed E-state index contributed by atoms with van der Waals surface area (Å²) in [6, 6.07) is 18.4. The van der Waals surface area contributed by atoms with Gasteiger partial charge >= 0.3 is 0 Å². The molecule has 0 spiro atoms. The zero-order chi connectivity index (χ0) is 20.2. The van der Waals surface area contributed by atoms with Crippen LogP contribution < -0.4 is 5.32 Å². The van der Waals surface area contributed by atoms with Gasteiger partial charge in [0.2, 0.25) is 0 Å². The Kier molecular flexibility index (Phi) is 5.76. The van der Waals surface area contributed by atoms with Crippen molar-refractivity contribution < 1.29 is 9.32 Å². The number of rotatable bonds is 6. The predicted molar refractivity (Wildman–Crippen MR) is 114 cm³/mol. The zero-order valence-electron chi connectivity index (χ0n) is 17.0. The molecule has 29 heavy (non-hydrogen) atoms. The molecule has 0 saturated carbocycles. The van der Waals surface area contributed by atoms with Crippen LogP contribution in [-0.2, 0) is 0 Å². The SMILES string of the molecule is Cc1ccc(-c2cc(C(=O)NCC(c3ccc(C)cc3)N3CCCC3)no2)cc1. The van der Waals surface area contributed by atoms with Crippen LogP contribution in [0.25, 0.3) is 11.3 Å². The van der Waals surface area contributed by atoms with Crippen molar-refractivity contribution in [3.05, 3.63) is 77.0 Å². The second kappa shape index (κ2) is 8.62. The van der Waals surface area contributed by atoms with Crippen LogP contribution in [0.15, 0.2) is 59.1 Å². The van der Waals surface area contributed by atoms with E-state index >= 15 is 0 Å². The van der Waals surface area contributed by atoms with Crippen molar-refractivity contribution in [1.82, 2.24) is 15.4 Å². The second-order valence-corrected chi connectivity index (χ2v) is 7.82. The van der Waals surface area contributed by atoms with Gasteiger partial charge in [-0.1, -0.05) is 64.8 Å². The molecule has 1 atom stereocenters. The standard InChI is InChI=1S/C24H27N3O2/c1-17-5-9-19(10-6-17)22(27-13-3-4-14-27)16-25-24(28)21-15-23(29-26-21)20-11-7-18(2)8-12-20/h5-12,15,22H,3-4,13-14,16H2,1-2H3,(H,25,28). The predicted octanol–water partition coefficient (Wildman–Crippen LogP) is 4.53. The van der Waals surface area contributed by atoms with Crippen LogP contribution in [0, 0.1) is 13.8 Å². The molecule has 0 aliphatic carbocycles. The lowest BCUT2D eigenvalue weighted by Gasteiger charge is -2.28. The molecular formula is C24H27N3O2. The largest absolute Gasteiger partial charge is 0.355 e. The molecule has 2 aromatic carbocycles. The van der Waals surface area contributed by atoms with Crippen LogP contribution in [0.3, 0.4) is 0 Å². The van der Waals surface area contributed by atoms with Crippen molar-refractivity contribution in [2.24, 2.45) is 0 Å². The lowest BCUT2D eigenvalue weighted by atomic mass is 10.0. The minimum atomic E-state index is -0.205. The lowest BCUT2D eigenvalue weighted by molar-refractivity contribution is 0.0929. The maximum Gasteiger partial charge on any atom is 0.273 e. The van der Waals surface area contributed by atoms with Crippen molar-refractivity contribution in [2.45, 2.75) is 32.7 Å². The van der Waals surface area contributed by atoms with Gasteiger partial charge in [-0.3, -0.25) is 9.69 Å². The van der Waals surface area contributed by atoms with Gasteiger partial charge in [0, 0.05) is 18.2 Å². The van der Waals surface area contributed by atoms with E-state index in [1.54, 1.807) is 6.07 Å². The van der Waals surface area contributed by atoms with E-state index in [4.69, 9.17) is 4.52 Å². The molecule has 1 saturated heterocycles. The van der Waals surface area contributed by atoms with Crippen molar-refractivity contribution in [3.8, 4) is 11.3 Å². The molecule has 1 aromatic heterocycles. The van der Waals surface area contributed by atoms with Crippen molar-refractivity contribution in [2.75, 3.05) is 19.6 Å². The molecule has 0 radical (unpaired) electrons. The fraction of sp³-hybridized carbons (Fsp3) is 0.333. The molecule has 0 bridgehead atoms. The number of nitrogens with one attached hydrogen (secondary N) is 1. The summed E-state index contributed by atoms with van der Waals surface area (Å²) in [6.45, 7) is 6.81. The lowest BCUT2D eigenvalue weighted by Crippen LogP contribution is -2.36. The highest BCUT2D eigenvalue weighted by atomic mass is 16.5. The summed E-state index contributed by atoms with van der Waals surface area (Å²) < 4.78 is 5.39. The van der Waals surface area contributed by atoms with Gasteiger partial charge in [-0.25, -0.2) is 0 Å². The van der Waals surface area contributed by atoms with Gasteiger partial charge in [0.25, 0.3) is 5.91 Å². The Balaban J connectivity index is 1.45. The topological polar surface area (TPSA) is 58.4 Å². The molecule has 3 aromatic rings. The smallest absolute Gasteiger partial charge is 0.273 e. The summed E-state index contributed by atoms with van der Waals surface area (Å²) in [6.07, 6.45) is 2.42. The first kappa shape index (κ1) is 19.4. The Morgan fingerprint density at radius 1 is 1.03 bits per heavy atom. The number of likely N-dealkylation sites (tertiary alicyclic amines) is 1. The summed E-state index contributed by atoms with van der Waals surface area (Å²) in [5, 5.41) is 7.03. The van der Waals surface area contributed by atoms with Gasteiger partial charge in [-0.15, -0.1) is 0 Å². The first-order valence-corrected chi connectivity index (χ1v) is 10.2. The Hall–Kier alpha value is -2.92. The Labute approximate surface area is 171 Å². The van der Waals surface area contributed by atoms with Crippen LogP contribution in [0.5, 0.6) is 0 Å². The number of benzene rings is 2. The number of nitrogens with zero attached hydrogens (tertiary/aromatic N) is 2. The average Bonchev–Trinajstić information content (AvgIpc) is 3.42. The van der Waals surface area contributed by atoms with Crippen molar-refractivity contribution >= 4 is 5.91 Å². The molecule has 5 heteroatoms. The maximum absolute atomic E-state index is 12.7. The van der Waals surface area contributed by atoms with E-state index in [0.29, 0.717) is 18.0 Å². The normalized spacial score (nSPS) is 15.4. The van der Waals surface area contributed by atoms with Crippen molar-refractivity contribution in [3.63, 3.8) is 0 Å². The van der Waals surface area contributed by atoms with Crippen LogP contribution >= 0.6 is 0 Å². The summed E-state index contributed by atoms with van der Waals surface area (Å²) in [4.78, 5) is 15.1. The molecule has 4 rings (SSSR count). The van der Waals surface area contributed by atoms with Gasteiger partial charge in [-0.2, -0.15) is 0 Å². The average molecular weight is 389 g/mol. The maximum atomic E-state index is 12.7. The van der Waals surface area contributed by atoms with Gasteiger partial charge in [-0.05, 0) is 45.3 Å². The van der Waals surface area contributed by atoms with E-state index in [-0.39, 0.29) is 11.9 Å². The fourth-order valence-electron chi connectivity index (χ4n) is 3.82. The summed E-state index contributed by atoms with van der Waals surface area (Å²) in [5.41, 5.74) is 4.87. The quantitative estimate of drug-likeness (QED) is 0.673. The van der Waals surface area contributed by atoms with E-state index in [2.05, 4.69) is 46.6 Å². The molecule has 1 fully saturated rings. The van der Waals surface area contributed by atoms with Crippen LogP contribution in [0.1, 0.15) is 46.1 Å². The number of aromatic nitrogens is 1. The number of hydrogen-bond acceptors (Lipinski definition) is 4. The molecule has 1 N–H and O–H groups in total. The summed E-state index contributed by atoms with van der Waals surface area (Å²) in [7, 11) is 0. The number of carbonyl (C=O) groups excluding carboxylic acids is 1. The minimum Gasteiger partial charge on any atom is -0.355 e. The molecule has 1 unspecified atom stereocenters. The van der Waals surface area contributed by atoms with Crippen molar-refractivity contribution in [1.29, 1.82) is 0 Å². The van der Waals surface area contributed by atoms with Gasteiger partial charge in [0.15, 0.2) is 11.5 Å². The zero-order valence-corrected chi connectivity index (χ0v) is 17.0.